The van der Waals surface area contributed by atoms with Crippen molar-refractivity contribution in [3.8, 4) is 0 Å². The number of hydrogen-bond acceptors (Lipinski definition) is 5. The van der Waals surface area contributed by atoms with Crippen LogP contribution < -0.4 is 5.56 Å². The minimum atomic E-state index is -0.589. The molecule has 0 aliphatic rings. The van der Waals surface area contributed by atoms with Crippen LogP contribution in [-0.4, -0.2) is 22.1 Å². The van der Waals surface area contributed by atoms with Crippen LogP contribution in [0.1, 0.15) is 17.7 Å². The van der Waals surface area contributed by atoms with Crippen molar-refractivity contribution in [2.45, 2.75) is 26.3 Å². The third kappa shape index (κ3) is 4.52. The summed E-state index contributed by atoms with van der Waals surface area (Å²) in [6.07, 6.45) is 1.45. The zero-order valence-electron chi connectivity index (χ0n) is 13.3. The smallest absolute Gasteiger partial charge is 0.326 e. The summed E-state index contributed by atoms with van der Waals surface area (Å²) in [5.74, 6) is -0.589. The largest absolute Gasteiger partial charge is 0.464 e. The maximum atomic E-state index is 11.9. The highest BCUT2D eigenvalue weighted by Crippen LogP contribution is 2.14. The lowest BCUT2D eigenvalue weighted by molar-refractivity contribution is -0.386. The van der Waals surface area contributed by atoms with Crippen molar-refractivity contribution in [3.05, 3.63) is 74.2 Å². The SMILES string of the molecule is Cc1c([N+](=O)[O-])ccc(=O)n1CC(=O)OCCCc1ccccc1. The molecule has 7 nitrogen and oxygen atoms in total. The molecule has 1 aromatic heterocycles. The molecule has 0 saturated heterocycles. The highest BCUT2D eigenvalue weighted by molar-refractivity contribution is 5.69. The Balaban J connectivity index is 1.90. The van der Waals surface area contributed by atoms with Crippen molar-refractivity contribution < 1.29 is 14.5 Å². The molecule has 1 aromatic carbocycles. The number of nitro groups is 1. The predicted octanol–water partition coefficient (Wildman–Crippen LogP) is 2.24. The number of pyridine rings is 1. The number of carbonyl (C=O) groups is 1. The Hall–Kier alpha value is -2.96. The van der Waals surface area contributed by atoms with E-state index in [4.69, 9.17) is 4.74 Å². The fraction of sp³-hybridized carbons (Fsp3) is 0.294. The third-order valence-electron chi connectivity index (χ3n) is 3.62. The zero-order valence-corrected chi connectivity index (χ0v) is 13.3. The summed E-state index contributed by atoms with van der Waals surface area (Å²) in [6.45, 7) is 1.33. The first kappa shape index (κ1) is 17.4. The summed E-state index contributed by atoms with van der Waals surface area (Å²) in [5, 5.41) is 10.9. The molecule has 0 unspecified atom stereocenters. The molecule has 2 rings (SSSR count). The molecule has 0 bridgehead atoms. The molecule has 0 fully saturated rings. The van der Waals surface area contributed by atoms with Gasteiger partial charge in [0, 0.05) is 12.1 Å². The first-order valence-corrected chi connectivity index (χ1v) is 7.53. The lowest BCUT2D eigenvalue weighted by atomic mass is 10.1. The number of aromatic nitrogens is 1. The van der Waals surface area contributed by atoms with Crippen LogP contribution in [-0.2, 0) is 22.5 Å². The van der Waals surface area contributed by atoms with Gasteiger partial charge in [-0.1, -0.05) is 30.3 Å². The first-order valence-electron chi connectivity index (χ1n) is 7.53. The third-order valence-corrected chi connectivity index (χ3v) is 3.62. The molecule has 0 amide bonds. The van der Waals surface area contributed by atoms with Gasteiger partial charge in [-0.15, -0.1) is 0 Å². The van der Waals surface area contributed by atoms with E-state index in [1.165, 1.54) is 6.92 Å². The van der Waals surface area contributed by atoms with E-state index in [0.29, 0.717) is 6.42 Å². The van der Waals surface area contributed by atoms with Gasteiger partial charge < -0.3 is 4.74 Å². The molecular formula is C17H18N2O5. The van der Waals surface area contributed by atoms with Crippen LogP contribution >= 0.6 is 0 Å². The molecule has 2 aromatic rings. The minimum Gasteiger partial charge on any atom is -0.464 e. The van der Waals surface area contributed by atoms with E-state index < -0.39 is 16.5 Å². The normalized spacial score (nSPS) is 10.4. The second-order valence-corrected chi connectivity index (χ2v) is 5.30. The van der Waals surface area contributed by atoms with E-state index in [-0.39, 0.29) is 24.5 Å². The Kier molecular flexibility index (Phi) is 5.83. The zero-order chi connectivity index (χ0) is 17.5. The molecule has 126 valence electrons. The Labute approximate surface area is 138 Å². The molecule has 1 heterocycles. The molecule has 0 atom stereocenters. The van der Waals surface area contributed by atoms with E-state index in [9.17, 15) is 19.7 Å². The van der Waals surface area contributed by atoms with Gasteiger partial charge >= 0.3 is 5.97 Å². The second kappa shape index (κ2) is 8.05. The highest BCUT2D eigenvalue weighted by atomic mass is 16.6. The standard InChI is InChI=1S/C17H18N2O5/c1-13-15(19(22)23)9-10-16(20)18(13)12-17(21)24-11-5-8-14-6-3-2-4-7-14/h2-4,6-7,9-10H,5,8,11-12H2,1H3. The van der Waals surface area contributed by atoms with Gasteiger partial charge in [0.2, 0.25) is 0 Å². The lowest BCUT2D eigenvalue weighted by Crippen LogP contribution is -2.27. The van der Waals surface area contributed by atoms with Crippen LogP contribution in [0.25, 0.3) is 0 Å². The molecule has 0 radical (unpaired) electrons. The van der Waals surface area contributed by atoms with E-state index in [1.54, 1.807) is 0 Å². The average Bonchev–Trinajstić information content (AvgIpc) is 2.56. The molecule has 0 aliphatic carbocycles. The number of hydrogen-bond donors (Lipinski definition) is 0. The Morgan fingerprint density at radius 3 is 2.58 bits per heavy atom. The number of carbonyl (C=O) groups excluding carboxylic acids is 1. The number of aryl methyl sites for hydroxylation is 1. The topological polar surface area (TPSA) is 91.4 Å². The van der Waals surface area contributed by atoms with Gasteiger partial charge in [0.25, 0.3) is 11.2 Å². The molecule has 0 N–H and O–H groups in total. The van der Waals surface area contributed by atoms with Gasteiger partial charge in [-0.05, 0) is 25.3 Å². The maximum absolute atomic E-state index is 11.9. The summed E-state index contributed by atoms with van der Waals surface area (Å²) in [4.78, 5) is 34.0. The molecular weight excluding hydrogens is 312 g/mol. The van der Waals surface area contributed by atoms with Gasteiger partial charge in [-0.25, -0.2) is 0 Å². The fourth-order valence-corrected chi connectivity index (χ4v) is 2.34. The van der Waals surface area contributed by atoms with Crippen molar-refractivity contribution in [3.63, 3.8) is 0 Å². The van der Waals surface area contributed by atoms with E-state index >= 15 is 0 Å². The van der Waals surface area contributed by atoms with Gasteiger partial charge in [-0.3, -0.25) is 24.3 Å². The minimum absolute atomic E-state index is 0.133. The number of ether oxygens (including phenoxy) is 1. The second-order valence-electron chi connectivity index (χ2n) is 5.30. The number of benzene rings is 1. The summed E-state index contributed by atoms with van der Waals surface area (Å²) in [6, 6.07) is 12.0. The maximum Gasteiger partial charge on any atom is 0.326 e. The quantitative estimate of drug-likeness (QED) is 0.336. The van der Waals surface area contributed by atoms with E-state index in [2.05, 4.69) is 0 Å². The summed E-state index contributed by atoms with van der Waals surface area (Å²) >= 11 is 0. The van der Waals surface area contributed by atoms with Crippen LogP contribution in [0.3, 0.4) is 0 Å². The summed E-state index contributed by atoms with van der Waals surface area (Å²) in [5.41, 5.74) is 0.610. The van der Waals surface area contributed by atoms with Crippen LogP contribution in [0.2, 0.25) is 0 Å². The van der Waals surface area contributed by atoms with Crippen LogP contribution in [0.5, 0.6) is 0 Å². The monoisotopic (exact) mass is 330 g/mol. The van der Waals surface area contributed by atoms with Crippen molar-refractivity contribution in [2.75, 3.05) is 6.61 Å². The lowest BCUT2D eigenvalue weighted by Gasteiger charge is -2.10. The molecule has 7 heteroatoms. The highest BCUT2D eigenvalue weighted by Gasteiger charge is 2.17. The van der Waals surface area contributed by atoms with E-state index in [0.717, 1.165) is 28.7 Å². The summed E-state index contributed by atoms with van der Waals surface area (Å²) < 4.78 is 6.16. The predicted molar refractivity (Wildman–Crippen MR) is 87.8 cm³/mol. The number of esters is 1. The van der Waals surface area contributed by atoms with E-state index in [1.807, 2.05) is 30.3 Å². The van der Waals surface area contributed by atoms with Crippen molar-refractivity contribution in [1.29, 1.82) is 0 Å². The Bertz CT molecular complexity index is 783. The van der Waals surface area contributed by atoms with Crippen molar-refractivity contribution in [2.24, 2.45) is 0 Å². The van der Waals surface area contributed by atoms with Gasteiger partial charge in [0.15, 0.2) is 0 Å². The van der Waals surface area contributed by atoms with Crippen LogP contribution in [0.15, 0.2) is 47.3 Å². The number of rotatable bonds is 7. The molecule has 0 spiro atoms. The Morgan fingerprint density at radius 1 is 1.21 bits per heavy atom. The van der Waals surface area contributed by atoms with Crippen molar-refractivity contribution in [1.82, 2.24) is 4.57 Å². The van der Waals surface area contributed by atoms with Gasteiger partial charge in [0.05, 0.1) is 17.2 Å². The first-order chi connectivity index (χ1) is 11.5. The fourth-order valence-electron chi connectivity index (χ4n) is 2.34. The molecule has 24 heavy (non-hydrogen) atoms. The summed E-state index contributed by atoms with van der Waals surface area (Å²) in [7, 11) is 0. The van der Waals surface area contributed by atoms with Crippen LogP contribution in [0, 0.1) is 17.0 Å². The molecule has 0 saturated carbocycles. The Morgan fingerprint density at radius 2 is 1.92 bits per heavy atom. The van der Waals surface area contributed by atoms with Gasteiger partial charge in [0.1, 0.15) is 6.54 Å². The molecule has 0 aliphatic heterocycles. The number of nitrogens with zero attached hydrogens (tertiary/aromatic N) is 2. The van der Waals surface area contributed by atoms with Gasteiger partial charge in [-0.2, -0.15) is 0 Å². The average molecular weight is 330 g/mol. The van der Waals surface area contributed by atoms with Crippen LogP contribution in [0.4, 0.5) is 5.69 Å². The van der Waals surface area contributed by atoms with Crippen molar-refractivity contribution >= 4 is 11.7 Å².